The van der Waals surface area contributed by atoms with E-state index in [1.807, 2.05) is 0 Å². The van der Waals surface area contributed by atoms with Crippen molar-refractivity contribution in [3.63, 3.8) is 0 Å². The zero-order valence-corrected chi connectivity index (χ0v) is 17.7. The molecular weight excluding hydrogens is 415 g/mol. The van der Waals surface area contributed by atoms with Gasteiger partial charge < -0.3 is 10.4 Å². The van der Waals surface area contributed by atoms with Crippen LogP contribution in [0.2, 0.25) is 0 Å². The standard InChI is InChI=1S/C25H26F3N3O/c26-25(27,28)20-10-8-19-14-17(16-30-23(19)15-20)7-12-22(32)6-2-1-5-21-11-9-18-4-3-13-29-24(18)31-21/h7-12,14-16,22,32H,1-6,13H2,(H,29,31). The fourth-order valence-electron chi connectivity index (χ4n) is 3.89. The summed E-state index contributed by atoms with van der Waals surface area (Å²) >= 11 is 0. The number of nitrogens with zero attached hydrogens (tertiary/aromatic N) is 2. The van der Waals surface area contributed by atoms with Gasteiger partial charge in [-0.3, -0.25) is 4.98 Å². The first-order valence-electron chi connectivity index (χ1n) is 10.9. The Morgan fingerprint density at radius 2 is 2.00 bits per heavy atom. The minimum atomic E-state index is -4.38. The van der Waals surface area contributed by atoms with E-state index in [-0.39, 0.29) is 0 Å². The second kappa shape index (κ2) is 9.69. The molecule has 1 unspecified atom stereocenters. The zero-order valence-electron chi connectivity index (χ0n) is 17.7. The lowest BCUT2D eigenvalue weighted by atomic mass is 10.0. The van der Waals surface area contributed by atoms with Crippen molar-refractivity contribution in [1.29, 1.82) is 0 Å². The van der Waals surface area contributed by atoms with Gasteiger partial charge in [-0.1, -0.05) is 30.7 Å². The fourth-order valence-corrected chi connectivity index (χ4v) is 3.89. The summed E-state index contributed by atoms with van der Waals surface area (Å²) in [5.41, 5.74) is 2.67. The number of fused-ring (bicyclic) bond motifs is 2. The molecule has 0 saturated carbocycles. The molecule has 4 rings (SSSR count). The third-order valence-electron chi connectivity index (χ3n) is 5.68. The van der Waals surface area contributed by atoms with Crippen LogP contribution in [0, 0.1) is 0 Å². The molecule has 0 spiro atoms. The molecule has 1 atom stereocenters. The van der Waals surface area contributed by atoms with Gasteiger partial charge in [0.15, 0.2) is 0 Å². The van der Waals surface area contributed by atoms with Crippen LogP contribution in [0.25, 0.3) is 17.0 Å². The van der Waals surface area contributed by atoms with Gasteiger partial charge in [0.05, 0.1) is 17.2 Å². The number of rotatable bonds is 7. The average Bonchev–Trinajstić information content (AvgIpc) is 2.79. The molecule has 1 aromatic carbocycles. The van der Waals surface area contributed by atoms with E-state index >= 15 is 0 Å². The molecule has 4 nitrogen and oxygen atoms in total. The number of aliphatic hydroxyl groups excluding tert-OH is 1. The summed E-state index contributed by atoms with van der Waals surface area (Å²) in [6.45, 7) is 0.975. The Morgan fingerprint density at radius 1 is 1.12 bits per heavy atom. The Bertz CT molecular complexity index is 1110. The van der Waals surface area contributed by atoms with Crippen molar-refractivity contribution >= 4 is 22.8 Å². The summed E-state index contributed by atoms with van der Waals surface area (Å²) in [6.07, 6.45) is 5.55. The average molecular weight is 441 g/mol. The Balaban J connectivity index is 1.27. The summed E-state index contributed by atoms with van der Waals surface area (Å²) < 4.78 is 38.5. The summed E-state index contributed by atoms with van der Waals surface area (Å²) in [6, 6.07) is 9.53. The molecule has 0 fully saturated rings. The molecule has 3 heterocycles. The van der Waals surface area contributed by atoms with Crippen molar-refractivity contribution in [1.82, 2.24) is 9.97 Å². The smallest absolute Gasteiger partial charge is 0.389 e. The maximum Gasteiger partial charge on any atom is 0.416 e. The SMILES string of the molecule is OC(C=Cc1cnc2cc(C(F)(F)F)ccc2c1)CCCCc1ccc2c(n1)NCCC2. The number of aromatic nitrogens is 2. The number of benzene rings is 1. The third kappa shape index (κ3) is 5.65. The van der Waals surface area contributed by atoms with Crippen molar-refractivity contribution in [2.45, 2.75) is 50.8 Å². The Labute approximate surface area is 185 Å². The number of pyridine rings is 2. The molecule has 32 heavy (non-hydrogen) atoms. The van der Waals surface area contributed by atoms with Crippen LogP contribution in [0.1, 0.15) is 48.1 Å². The van der Waals surface area contributed by atoms with E-state index < -0.39 is 17.8 Å². The number of anilines is 1. The Morgan fingerprint density at radius 3 is 2.84 bits per heavy atom. The van der Waals surface area contributed by atoms with Gasteiger partial charge in [-0.15, -0.1) is 0 Å². The topological polar surface area (TPSA) is 58.0 Å². The van der Waals surface area contributed by atoms with Crippen LogP contribution >= 0.6 is 0 Å². The quantitative estimate of drug-likeness (QED) is 0.456. The number of aryl methyl sites for hydroxylation is 2. The van der Waals surface area contributed by atoms with Crippen LogP contribution in [0.15, 0.2) is 48.7 Å². The highest BCUT2D eigenvalue weighted by atomic mass is 19.4. The van der Waals surface area contributed by atoms with E-state index in [1.165, 1.54) is 17.8 Å². The van der Waals surface area contributed by atoms with Crippen LogP contribution in [0.3, 0.4) is 0 Å². The lowest BCUT2D eigenvalue weighted by Crippen LogP contribution is -2.14. The minimum Gasteiger partial charge on any atom is -0.389 e. The van der Waals surface area contributed by atoms with E-state index in [0.29, 0.717) is 17.3 Å². The van der Waals surface area contributed by atoms with Gasteiger partial charge >= 0.3 is 6.18 Å². The van der Waals surface area contributed by atoms with Gasteiger partial charge in [0.1, 0.15) is 5.82 Å². The fraction of sp³-hybridized carbons (Fsp3) is 0.360. The lowest BCUT2D eigenvalue weighted by Gasteiger charge is -2.17. The van der Waals surface area contributed by atoms with Gasteiger partial charge in [-0.05, 0) is 67.5 Å². The molecule has 168 valence electrons. The van der Waals surface area contributed by atoms with Crippen LogP contribution in [-0.4, -0.2) is 27.7 Å². The maximum absolute atomic E-state index is 12.8. The van der Waals surface area contributed by atoms with Gasteiger partial charge in [0, 0.05) is 23.8 Å². The molecule has 1 aliphatic heterocycles. The second-order valence-corrected chi connectivity index (χ2v) is 8.19. The molecule has 0 saturated heterocycles. The van der Waals surface area contributed by atoms with E-state index in [0.717, 1.165) is 67.9 Å². The lowest BCUT2D eigenvalue weighted by molar-refractivity contribution is -0.137. The molecule has 0 aliphatic carbocycles. The molecular formula is C25H26F3N3O. The van der Waals surface area contributed by atoms with Crippen molar-refractivity contribution < 1.29 is 18.3 Å². The zero-order chi connectivity index (χ0) is 22.6. The molecule has 7 heteroatoms. The van der Waals surface area contributed by atoms with Crippen LogP contribution in [0.5, 0.6) is 0 Å². The number of hydrogen-bond donors (Lipinski definition) is 2. The van der Waals surface area contributed by atoms with Crippen molar-refractivity contribution in [3.8, 4) is 0 Å². The number of nitrogens with one attached hydrogen (secondary N) is 1. The summed E-state index contributed by atoms with van der Waals surface area (Å²) in [5.74, 6) is 1.01. The summed E-state index contributed by atoms with van der Waals surface area (Å²) in [7, 11) is 0. The number of unbranched alkanes of at least 4 members (excludes halogenated alkanes) is 1. The molecule has 0 radical (unpaired) electrons. The van der Waals surface area contributed by atoms with E-state index in [2.05, 4.69) is 22.4 Å². The normalized spacial score (nSPS) is 15.0. The molecule has 3 aromatic rings. The molecule has 0 bridgehead atoms. The highest BCUT2D eigenvalue weighted by Crippen LogP contribution is 2.31. The molecule has 2 aromatic heterocycles. The number of aliphatic hydroxyl groups is 1. The Hall–Kier alpha value is -2.93. The van der Waals surface area contributed by atoms with Gasteiger partial charge in [0.2, 0.25) is 0 Å². The first-order chi connectivity index (χ1) is 15.4. The van der Waals surface area contributed by atoms with Crippen LogP contribution in [-0.2, 0) is 19.0 Å². The van der Waals surface area contributed by atoms with Gasteiger partial charge in [-0.25, -0.2) is 4.98 Å². The molecule has 2 N–H and O–H groups in total. The minimum absolute atomic E-state index is 0.295. The number of hydrogen-bond acceptors (Lipinski definition) is 4. The van der Waals surface area contributed by atoms with E-state index in [1.54, 1.807) is 18.2 Å². The van der Waals surface area contributed by atoms with Crippen LogP contribution in [0.4, 0.5) is 19.0 Å². The highest BCUT2D eigenvalue weighted by Gasteiger charge is 2.30. The van der Waals surface area contributed by atoms with E-state index in [9.17, 15) is 18.3 Å². The first kappa shape index (κ1) is 22.3. The van der Waals surface area contributed by atoms with Crippen molar-refractivity contribution in [2.24, 2.45) is 0 Å². The van der Waals surface area contributed by atoms with Gasteiger partial charge in [-0.2, -0.15) is 13.2 Å². The largest absolute Gasteiger partial charge is 0.416 e. The number of halogens is 3. The molecule has 1 aliphatic rings. The Kier molecular flexibility index (Phi) is 6.74. The van der Waals surface area contributed by atoms with Crippen molar-refractivity contribution in [3.05, 3.63) is 71.1 Å². The summed E-state index contributed by atoms with van der Waals surface area (Å²) in [5, 5.41) is 14.2. The predicted molar refractivity (Wildman–Crippen MR) is 120 cm³/mol. The number of alkyl halides is 3. The second-order valence-electron chi connectivity index (χ2n) is 8.19. The van der Waals surface area contributed by atoms with E-state index in [4.69, 9.17) is 4.98 Å². The monoisotopic (exact) mass is 441 g/mol. The predicted octanol–water partition coefficient (Wildman–Crippen LogP) is 5.79. The third-order valence-corrected chi connectivity index (χ3v) is 5.68. The van der Waals surface area contributed by atoms with Gasteiger partial charge in [0.25, 0.3) is 0 Å². The maximum atomic E-state index is 12.8. The molecule has 0 amide bonds. The summed E-state index contributed by atoms with van der Waals surface area (Å²) in [4.78, 5) is 8.82. The first-order valence-corrected chi connectivity index (χ1v) is 10.9. The van der Waals surface area contributed by atoms with Crippen LogP contribution < -0.4 is 5.32 Å². The van der Waals surface area contributed by atoms with Crippen molar-refractivity contribution in [2.75, 3.05) is 11.9 Å². The highest BCUT2D eigenvalue weighted by molar-refractivity contribution is 5.81.